The van der Waals surface area contributed by atoms with Crippen LogP contribution >= 0.6 is 0 Å². The van der Waals surface area contributed by atoms with E-state index >= 15 is 0 Å². The summed E-state index contributed by atoms with van der Waals surface area (Å²) in [5.74, 6) is -2.12. The predicted molar refractivity (Wildman–Crippen MR) is 133 cm³/mol. The Kier molecular flexibility index (Phi) is 7.22. The first kappa shape index (κ1) is 25.8. The molecule has 0 saturated carbocycles. The lowest BCUT2D eigenvalue weighted by atomic mass is 10.1. The summed E-state index contributed by atoms with van der Waals surface area (Å²) < 4.78 is 65.5. The average molecular weight is 539 g/mol. The highest BCUT2D eigenvalue weighted by molar-refractivity contribution is 5.80. The number of fused-ring (bicyclic) bond motifs is 1. The van der Waals surface area contributed by atoms with Crippen molar-refractivity contribution < 1.29 is 36.7 Å². The van der Waals surface area contributed by atoms with Crippen molar-refractivity contribution >= 4 is 17.5 Å². The first-order valence-electron chi connectivity index (χ1n) is 11.8. The number of carbonyl (C=O) groups excluding carboxylic acids is 1. The van der Waals surface area contributed by atoms with E-state index in [1.165, 1.54) is 24.4 Å². The number of nitrogens with zero attached hydrogens (tertiary/aromatic N) is 2. The molecule has 0 saturated heterocycles. The second-order valence-corrected chi connectivity index (χ2v) is 8.47. The standard InChI is InChI=1S/C28H21F4N3O4/c29-22-10-5-4-9-19(22)17-38-24-13-12-20(37-16-18-7-2-1-3-8-18)15-21(24)26-34-25-23(11-6-14-33-25)35(26)39-27(36)28(30,31)32/h1-15,26H,16-17H2,(H,33,34). The average Bonchev–Trinajstić information content (AvgIpc) is 3.30. The van der Waals surface area contributed by atoms with Crippen molar-refractivity contribution in [2.24, 2.45) is 0 Å². The van der Waals surface area contributed by atoms with Crippen LogP contribution in [0.4, 0.5) is 29.1 Å². The third kappa shape index (κ3) is 5.87. The molecule has 3 aromatic carbocycles. The van der Waals surface area contributed by atoms with Crippen LogP contribution in [-0.4, -0.2) is 17.1 Å². The molecule has 1 N–H and O–H groups in total. The van der Waals surface area contributed by atoms with E-state index in [-0.39, 0.29) is 41.6 Å². The van der Waals surface area contributed by atoms with E-state index < -0.39 is 24.1 Å². The van der Waals surface area contributed by atoms with Gasteiger partial charge in [0.15, 0.2) is 12.0 Å². The van der Waals surface area contributed by atoms with Crippen LogP contribution in [0.3, 0.4) is 0 Å². The quantitative estimate of drug-likeness (QED) is 0.262. The molecule has 1 aromatic heterocycles. The van der Waals surface area contributed by atoms with Gasteiger partial charge in [-0.05, 0) is 42.0 Å². The van der Waals surface area contributed by atoms with Gasteiger partial charge in [-0.3, -0.25) is 0 Å². The number of alkyl halides is 3. The molecule has 1 unspecified atom stereocenters. The van der Waals surface area contributed by atoms with Crippen LogP contribution in [0.15, 0.2) is 91.1 Å². The monoisotopic (exact) mass is 539 g/mol. The van der Waals surface area contributed by atoms with Crippen LogP contribution in [0.1, 0.15) is 22.9 Å². The Morgan fingerprint density at radius 3 is 2.46 bits per heavy atom. The molecule has 4 aromatic rings. The molecule has 39 heavy (non-hydrogen) atoms. The molecule has 0 radical (unpaired) electrons. The number of hydrogen-bond donors (Lipinski definition) is 1. The molecule has 0 bridgehead atoms. The molecule has 1 aliphatic heterocycles. The van der Waals surface area contributed by atoms with E-state index in [1.807, 2.05) is 30.3 Å². The Morgan fingerprint density at radius 1 is 0.923 bits per heavy atom. The number of carbonyl (C=O) groups is 1. The summed E-state index contributed by atoms with van der Waals surface area (Å²) in [5, 5.41) is 3.75. The molecule has 0 amide bonds. The maximum absolute atomic E-state index is 14.2. The van der Waals surface area contributed by atoms with E-state index in [0.29, 0.717) is 5.75 Å². The molecule has 11 heteroatoms. The molecule has 0 aliphatic carbocycles. The second-order valence-electron chi connectivity index (χ2n) is 8.47. The zero-order chi connectivity index (χ0) is 27.4. The zero-order valence-corrected chi connectivity index (χ0v) is 20.2. The summed E-state index contributed by atoms with van der Waals surface area (Å²) >= 11 is 0. The fraction of sp³-hybridized carbons (Fsp3) is 0.143. The Bertz CT molecular complexity index is 1470. The lowest BCUT2D eigenvalue weighted by Crippen LogP contribution is -2.37. The number of hydroxylamine groups is 1. The maximum Gasteiger partial charge on any atom is 0.493 e. The number of pyridine rings is 1. The Morgan fingerprint density at radius 2 is 1.69 bits per heavy atom. The number of aromatic nitrogens is 1. The van der Waals surface area contributed by atoms with Gasteiger partial charge in [0.05, 0.1) is 0 Å². The van der Waals surface area contributed by atoms with E-state index in [9.17, 15) is 22.4 Å². The lowest BCUT2D eigenvalue weighted by Gasteiger charge is -2.27. The maximum atomic E-state index is 14.2. The van der Waals surface area contributed by atoms with Crippen molar-refractivity contribution in [2.45, 2.75) is 25.6 Å². The molecule has 0 spiro atoms. The molecule has 1 aliphatic rings. The van der Waals surface area contributed by atoms with E-state index in [2.05, 4.69) is 10.3 Å². The van der Waals surface area contributed by atoms with Gasteiger partial charge in [0, 0.05) is 17.3 Å². The Hall–Kier alpha value is -4.80. The van der Waals surface area contributed by atoms with Crippen molar-refractivity contribution in [1.82, 2.24) is 4.98 Å². The zero-order valence-electron chi connectivity index (χ0n) is 20.2. The number of rotatable bonds is 8. The fourth-order valence-corrected chi connectivity index (χ4v) is 3.93. The van der Waals surface area contributed by atoms with Gasteiger partial charge in [0.1, 0.15) is 36.2 Å². The lowest BCUT2D eigenvalue weighted by molar-refractivity contribution is -0.201. The van der Waals surface area contributed by atoms with Crippen molar-refractivity contribution in [3.05, 3.63) is 114 Å². The first-order valence-corrected chi connectivity index (χ1v) is 11.8. The van der Waals surface area contributed by atoms with Crippen molar-refractivity contribution in [1.29, 1.82) is 0 Å². The highest BCUT2D eigenvalue weighted by Crippen LogP contribution is 2.44. The molecule has 0 fully saturated rings. The van der Waals surface area contributed by atoms with Crippen LogP contribution in [0.25, 0.3) is 0 Å². The van der Waals surface area contributed by atoms with E-state index in [0.717, 1.165) is 10.6 Å². The van der Waals surface area contributed by atoms with Gasteiger partial charge in [-0.1, -0.05) is 48.5 Å². The van der Waals surface area contributed by atoms with E-state index in [4.69, 9.17) is 14.3 Å². The third-order valence-corrected chi connectivity index (χ3v) is 5.81. The highest BCUT2D eigenvalue weighted by Gasteiger charge is 2.46. The van der Waals surface area contributed by atoms with Crippen LogP contribution < -0.4 is 19.9 Å². The summed E-state index contributed by atoms with van der Waals surface area (Å²) in [6, 6.07) is 23.1. The molecule has 5 rings (SSSR count). The SMILES string of the molecule is O=C(ON1c2cccnc2NC1c1cc(OCc2ccccc2)ccc1OCc1ccccc1F)C(F)(F)F. The first-order chi connectivity index (χ1) is 18.8. The smallest absolute Gasteiger partial charge is 0.489 e. The van der Waals surface area contributed by atoms with Gasteiger partial charge >= 0.3 is 12.1 Å². The largest absolute Gasteiger partial charge is 0.493 e. The van der Waals surface area contributed by atoms with Crippen molar-refractivity contribution in [3.63, 3.8) is 0 Å². The van der Waals surface area contributed by atoms with Crippen LogP contribution in [0, 0.1) is 5.82 Å². The Balaban J connectivity index is 1.50. The van der Waals surface area contributed by atoms with Crippen LogP contribution in [0.2, 0.25) is 0 Å². The van der Waals surface area contributed by atoms with Gasteiger partial charge in [0.2, 0.25) is 0 Å². The number of nitrogens with one attached hydrogen (secondary N) is 1. The predicted octanol–water partition coefficient (Wildman–Crippen LogP) is 6.33. The fourth-order valence-electron chi connectivity index (χ4n) is 3.93. The summed E-state index contributed by atoms with van der Waals surface area (Å²) in [6.45, 7) is 0.0620. The van der Waals surface area contributed by atoms with Crippen molar-refractivity contribution in [3.8, 4) is 11.5 Å². The van der Waals surface area contributed by atoms with Gasteiger partial charge in [0.25, 0.3) is 0 Å². The Labute approximate surface area is 220 Å². The molecular formula is C28H21F4N3O4. The highest BCUT2D eigenvalue weighted by atomic mass is 19.4. The summed E-state index contributed by atoms with van der Waals surface area (Å²) in [5.41, 5.74) is 1.55. The second kappa shape index (κ2) is 10.9. The molecule has 200 valence electrons. The van der Waals surface area contributed by atoms with Gasteiger partial charge in [-0.25, -0.2) is 14.2 Å². The van der Waals surface area contributed by atoms with Crippen molar-refractivity contribution in [2.75, 3.05) is 10.4 Å². The minimum absolute atomic E-state index is 0.107. The van der Waals surface area contributed by atoms with Gasteiger partial charge in [-0.15, -0.1) is 0 Å². The minimum atomic E-state index is -5.24. The normalized spacial score (nSPS) is 14.4. The third-order valence-electron chi connectivity index (χ3n) is 5.81. The molecule has 1 atom stereocenters. The van der Waals surface area contributed by atoms with E-state index in [1.54, 1.807) is 36.4 Å². The van der Waals surface area contributed by atoms with Crippen LogP contribution in [0.5, 0.6) is 11.5 Å². The number of halogens is 4. The molecular weight excluding hydrogens is 518 g/mol. The topological polar surface area (TPSA) is 72.9 Å². The molecule has 7 nitrogen and oxygen atoms in total. The van der Waals surface area contributed by atoms with Gasteiger partial charge in [-0.2, -0.15) is 18.2 Å². The number of ether oxygens (including phenoxy) is 2. The minimum Gasteiger partial charge on any atom is -0.489 e. The number of benzene rings is 3. The summed E-state index contributed by atoms with van der Waals surface area (Å²) in [6.07, 6.45) is -4.97. The van der Waals surface area contributed by atoms with Crippen LogP contribution in [-0.2, 0) is 22.8 Å². The summed E-state index contributed by atoms with van der Waals surface area (Å²) in [4.78, 5) is 20.8. The van der Waals surface area contributed by atoms with Gasteiger partial charge < -0.3 is 19.6 Å². The summed E-state index contributed by atoms with van der Waals surface area (Å²) in [7, 11) is 0. The number of hydrogen-bond acceptors (Lipinski definition) is 7. The number of anilines is 2. The molecule has 2 heterocycles.